The lowest BCUT2D eigenvalue weighted by Gasteiger charge is -2.16. The number of rotatable bonds is 6. The Morgan fingerprint density at radius 3 is 2.48 bits per heavy atom. The molecule has 21 heavy (non-hydrogen) atoms. The fraction of sp³-hybridized carbons (Fsp3) is 0.353. The van der Waals surface area contributed by atoms with Crippen molar-refractivity contribution in [1.82, 2.24) is 10.3 Å². The molecule has 2 rings (SSSR count). The van der Waals surface area contributed by atoms with Crippen LogP contribution >= 0.6 is 0 Å². The first-order valence-electron chi connectivity index (χ1n) is 7.01. The average molecular weight is 286 g/mol. The number of benzene rings is 1. The van der Waals surface area contributed by atoms with Crippen molar-refractivity contribution in [2.24, 2.45) is 0 Å². The van der Waals surface area contributed by atoms with E-state index < -0.39 is 0 Å². The van der Waals surface area contributed by atoms with Gasteiger partial charge in [-0.05, 0) is 43.2 Å². The first kappa shape index (κ1) is 15.3. The minimum absolute atomic E-state index is 0.214. The molecule has 4 nitrogen and oxygen atoms in total. The molecule has 0 saturated heterocycles. The normalized spacial score (nSPS) is 12.0. The van der Waals surface area contributed by atoms with Crippen LogP contribution in [-0.2, 0) is 6.54 Å². The number of hydrogen-bond acceptors (Lipinski definition) is 4. The van der Waals surface area contributed by atoms with Gasteiger partial charge in [-0.3, -0.25) is 4.98 Å². The van der Waals surface area contributed by atoms with Crippen molar-refractivity contribution in [3.63, 3.8) is 0 Å². The summed E-state index contributed by atoms with van der Waals surface area (Å²) in [4.78, 5) is 4.30. The van der Waals surface area contributed by atoms with Gasteiger partial charge in [0.1, 0.15) is 0 Å². The molecule has 0 aliphatic carbocycles. The van der Waals surface area contributed by atoms with Crippen LogP contribution in [-0.4, -0.2) is 19.2 Å². The predicted octanol–water partition coefficient (Wildman–Crippen LogP) is 3.26. The van der Waals surface area contributed by atoms with E-state index in [9.17, 15) is 0 Å². The van der Waals surface area contributed by atoms with Crippen LogP contribution in [0.25, 0.3) is 0 Å². The summed E-state index contributed by atoms with van der Waals surface area (Å²) < 4.78 is 10.6. The third-order valence-electron chi connectivity index (χ3n) is 3.49. The zero-order valence-electron chi connectivity index (χ0n) is 13.0. The smallest absolute Gasteiger partial charge is 0.161 e. The average Bonchev–Trinajstić information content (AvgIpc) is 2.53. The van der Waals surface area contributed by atoms with Crippen molar-refractivity contribution >= 4 is 0 Å². The van der Waals surface area contributed by atoms with Gasteiger partial charge in [0.15, 0.2) is 11.5 Å². The van der Waals surface area contributed by atoms with Gasteiger partial charge in [-0.2, -0.15) is 0 Å². The Bertz CT molecular complexity index is 582. The molecule has 1 aromatic carbocycles. The molecule has 1 N–H and O–H groups in total. The Kier molecular flexibility index (Phi) is 5.17. The van der Waals surface area contributed by atoms with Crippen LogP contribution in [0, 0.1) is 6.92 Å². The topological polar surface area (TPSA) is 43.4 Å². The number of aryl methyl sites for hydroxylation is 1. The third-order valence-corrected chi connectivity index (χ3v) is 3.49. The molecular weight excluding hydrogens is 264 g/mol. The number of methoxy groups -OCH3 is 2. The number of nitrogens with zero attached hydrogens (tertiary/aromatic N) is 1. The zero-order chi connectivity index (χ0) is 15.2. The molecule has 0 radical (unpaired) electrons. The second-order valence-electron chi connectivity index (χ2n) is 5.02. The van der Waals surface area contributed by atoms with E-state index >= 15 is 0 Å². The van der Waals surface area contributed by atoms with Crippen LogP contribution in [0.1, 0.15) is 29.8 Å². The van der Waals surface area contributed by atoms with Crippen LogP contribution in [0.4, 0.5) is 0 Å². The lowest BCUT2D eigenvalue weighted by atomic mass is 10.1. The van der Waals surface area contributed by atoms with E-state index in [0.29, 0.717) is 0 Å². The van der Waals surface area contributed by atoms with Crippen molar-refractivity contribution in [3.05, 3.63) is 53.3 Å². The molecule has 0 fully saturated rings. The molecule has 1 heterocycles. The van der Waals surface area contributed by atoms with E-state index in [2.05, 4.69) is 23.3 Å². The van der Waals surface area contributed by atoms with Gasteiger partial charge in [0.25, 0.3) is 0 Å². The second-order valence-corrected chi connectivity index (χ2v) is 5.02. The van der Waals surface area contributed by atoms with E-state index in [1.165, 1.54) is 5.56 Å². The monoisotopic (exact) mass is 286 g/mol. The highest BCUT2D eigenvalue weighted by molar-refractivity contribution is 5.43. The lowest BCUT2D eigenvalue weighted by molar-refractivity contribution is 0.354. The van der Waals surface area contributed by atoms with Crippen molar-refractivity contribution in [1.29, 1.82) is 0 Å². The van der Waals surface area contributed by atoms with Gasteiger partial charge >= 0.3 is 0 Å². The van der Waals surface area contributed by atoms with Crippen LogP contribution in [0.2, 0.25) is 0 Å². The Morgan fingerprint density at radius 2 is 1.86 bits per heavy atom. The van der Waals surface area contributed by atoms with Crippen molar-refractivity contribution < 1.29 is 9.47 Å². The lowest BCUT2D eigenvalue weighted by Crippen LogP contribution is -2.18. The molecule has 1 unspecified atom stereocenters. The SMILES string of the molecule is COc1ccc(C(C)NCc2ccc(C)nc2)cc1OC. The third kappa shape index (κ3) is 3.95. The molecule has 4 heteroatoms. The van der Waals surface area contributed by atoms with Crippen molar-refractivity contribution in [2.45, 2.75) is 26.4 Å². The molecule has 0 saturated carbocycles. The number of hydrogen-bond donors (Lipinski definition) is 1. The highest BCUT2D eigenvalue weighted by atomic mass is 16.5. The summed E-state index contributed by atoms with van der Waals surface area (Å²) in [5.41, 5.74) is 3.37. The highest BCUT2D eigenvalue weighted by Crippen LogP contribution is 2.29. The second kappa shape index (κ2) is 7.09. The Labute approximate surface area is 126 Å². The van der Waals surface area contributed by atoms with Crippen LogP contribution in [0.15, 0.2) is 36.5 Å². The summed E-state index contributed by atoms with van der Waals surface area (Å²) in [6.07, 6.45) is 1.91. The van der Waals surface area contributed by atoms with E-state index in [-0.39, 0.29) is 6.04 Å². The van der Waals surface area contributed by atoms with E-state index in [1.807, 2.05) is 37.4 Å². The fourth-order valence-electron chi connectivity index (χ4n) is 2.11. The summed E-state index contributed by atoms with van der Waals surface area (Å²) in [5, 5.41) is 3.49. The predicted molar refractivity (Wildman–Crippen MR) is 83.8 cm³/mol. The Morgan fingerprint density at radius 1 is 1.10 bits per heavy atom. The first-order chi connectivity index (χ1) is 10.1. The van der Waals surface area contributed by atoms with Crippen LogP contribution in [0.3, 0.4) is 0 Å². The van der Waals surface area contributed by atoms with E-state index in [4.69, 9.17) is 9.47 Å². The van der Waals surface area contributed by atoms with Gasteiger partial charge in [-0.25, -0.2) is 0 Å². The minimum atomic E-state index is 0.214. The summed E-state index contributed by atoms with van der Waals surface area (Å²) in [7, 11) is 3.29. The zero-order valence-corrected chi connectivity index (χ0v) is 13.0. The standard InChI is InChI=1S/C17H22N2O2/c1-12-5-6-14(10-18-12)11-19-13(2)15-7-8-16(20-3)17(9-15)21-4/h5-10,13,19H,11H2,1-4H3. The quantitative estimate of drug-likeness (QED) is 0.885. The number of pyridine rings is 1. The molecule has 0 aliphatic rings. The molecule has 0 aliphatic heterocycles. The Hall–Kier alpha value is -2.07. The maximum Gasteiger partial charge on any atom is 0.161 e. The van der Waals surface area contributed by atoms with Gasteiger partial charge in [0.2, 0.25) is 0 Å². The molecule has 0 bridgehead atoms. The largest absolute Gasteiger partial charge is 0.493 e. The summed E-state index contributed by atoms with van der Waals surface area (Å²) in [5.74, 6) is 1.50. The molecule has 0 spiro atoms. The van der Waals surface area contributed by atoms with Gasteiger partial charge in [-0.15, -0.1) is 0 Å². The molecule has 1 aromatic heterocycles. The fourth-order valence-corrected chi connectivity index (χ4v) is 2.11. The highest BCUT2D eigenvalue weighted by Gasteiger charge is 2.09. The minimum Gasteiger partial charge on any atom is -0.493 e. The summed E-state index contributed by atoms with van der Waals surface area (Å²) in [6.45, 7) is 4.90. The van der Waals surface area contributed by atoms with Crippen molar-refractivity contribution in [3.8, 4) is 11.5 Å². The van der Waals surface area contributed by atoms with Gasteiger partial charge < -0.3 is 14.8 Å². The molecule has 1 atom stereocenters. The van der Waals surface area contributed by atoms with Crippen LogP contribution in [0.5, 0.6) is 11.5 Å². The maximum absolute atomic E-state index is 5.34. The molecule has 112 valence electrons. The summed E-state index contributed by atoms with van der Waals surface area (Å²) in [6, 6.07) is 10.3. The molecule has 0 amide bonds. The number of nitrogens with one attached hydrogen (secondary N) is 1. The van der Waals surface area contributed by atoms with Crippen molar-refractivity contribution in [2.75, 3.05) is 14.2 Å². The maximum atomic E-state index is 5.34. The first-order valence-corrected chi connectivity index (χ1v) is 7.01. The molecular formula is C17H22N2O2. The number of ether oxygens (including phenoxy) is 2. The van der Waals surface area contributed by atoms with E-state index in [1.54, 1.807) is 14.2 Å². The van der Waals surface area contributed by atoms with Crippen LogP contribution < -0.4 is 14.8 Å². The Balaban J connectivity index is 2.02. The van der Waals surface area contributed by atoms with E-state index in [0.717, 1.165) is 29.3 Å². The van der Waals surface area contributed by atoms with Gasteiger partial charge in [0, 0.05) is 24.5 Å². The van der Waals surface area contributed by atoms with Gasteiger partial charge in [-0.1, -0.05) is 12.1 Å². The molecule has 2 aromatic rings. The number of aromatic nitrogens is 1. The summed E-state index contributed by atoms with van der Waals surface area (Å²) >= 11 is 0. The van der Waals surface area contributed by atoms with Gasteiger partial charge in [0.05, 0.1) is 14.2 Å².